The van der Waals surface area contributed by atoms with Crippen molar-refractivity contribution >= 4 is 22.0 Å². The lowest BCUT2D eigenvalue weighted by Gasteiger charge is -2.09. The van der Waals surface area contributed by atoms with Gasteiger partial charge in [-0.25, -0.2) is 10.1 Å². The summed E-state index contributed by atoms with van der Waals surface area (Å²) in [5.41, 5.74) is 0.709. The molecule has 1 rings (SSSR count). The van der Waals surface area contributed by atoms with Crippen molar-refractivity contribution in [3.8, 4) is 0 Å². The normalized spacial score (nSPS) is 11.0. The quantitative estimate of drug-likeness (QED) is 0.810. The Kier molecular flexibility index (Phi) is 4.17. The molecule has 0 spiro atoms. The Bertz CT molecular complexity index is 364. The maximum absolute atomic E-state index is 11.7. The fourth-order valence-electron chi connectivity index (χ4n) is 0.958. The predicted molar refractivity (Wildman–Crippen MR) is 55.6 cm³/mol. The van der Waals surface area contributed by atoms with Crippen LogP contribution in [-0.4, -0.2) is 12.3 Å². The summed E-state index contributed by atoms with van der Waals surface area (Å²) in [4.78, 5) is 10.7. The Hall–Kier alpha value is -1.24. The first-order valence-electron chi connectivity index (χ1n) is 4.24. The summed E-state index contributed by atoms with van der Waals surface area (Å²) in [7, 11) is 0. The Labute approximate surface area is 98.2 Å². The second-order valence-electron chi connectivity index (χ2n) is 2.93. The van der Waals surface area contributed by atoms with Crippen LogP contribution < -0.4 is 10.6 Å². The first kappa shape index (κ1) is 12.8. The van der Waals surface area contributed by atoms with Gasteiger partial charge in [0.05, 0.1) is 0 Å². The molecule has 0 unspecified atom stereocenters. The summed E-state index contributed by atoms with van der Waals surface area (Å²) in [5.74, 6) is 0. The smallest absolute Gasteiger partial charge is 0.334 e. The van der Waals surface area contributed by atoms with Crippen LogP contribution in [0.3, 0.4) is 0 Å². The minimum absolute atomic E-state index is 0.0369. The second kappa shape index (κ2) is 5.20. The fraction of sp³-hybridized carbons (Fsp3) is 0.222. The largest absolute Gasteiger partial charge is 0.485 e. The molecule has 2 N–H and O–H groups in total. The molecule has 88 valence electrons. The van der Waals surface area contributed by atoms with Crippen LogP contribution in [0, 0.1) is 0 Å². The Balaban J connectivity index is 2.40. The zero-order valence-electron chi connectivity index (χ0n) is 7.94. The summed E-state index contributed by atoms with van der Waals surface area (Å²) in [6.45, 7) is 0.0369. The van der Waals surface area contributed by atoms with E-state index in [2.05, 4.69) is 21.2 Å². The zero-order chi connectivity index (χ0) is 12.2. The summed E-state index contributed by atoms with van der Waals surface area (Å²) < 4.78 is 36.0. The van der Waals surface area contributed by atoms with Gasteiger partial charge in [-0.05, 0) is 17.7 Å². The molecule has 16 heavy (non-hydrogen) atoms. The number of urea groups is 1. The van der Waals surface area contributed by atoms with Crippen LogP contribution in [-0.2, 0) is 6.54 Å². The van der Waals surface area contributed by atoms with Gasteiger partial charge < -0.3 is 5.32 Å². The van der Waals surface area contributed by atoms with Gasteiger partial charge >= 0.3 is 12.3 Å². The molecule has 0 aromatic heterocycles. The van der Waals surface area contributed by atoms with Crippen molar-refractivity contribution in [3.63, 3.8) is 0 Å². The van der Waals surface area contributed by atoms with Gasteiger partial charge in [-0.15, -0.1) is 0 Å². The molecule has 0 aliphatic heterocycles. The van der Waals surface area contributed by atoms with Crippen molar-refractivity contribution in [1.82, 2.24) is 10.6 Å². The number of rotatable bonds is 2. The van der Waals surface area contributed by atoms with Gasteiger partial charge in [-0.3, -0.25) is 0 Å². The second-order valence-corrected chi connectivity index (χ2v) is 3.85. The number of carbonyl (C=O) groups is 1. The minimum atomic E-state index is -4.70. The van der Waals surface area contributed by atoms with E-state index >= 15 is 0 Å². The molecule has 0 saturated heterocycles. The number of nitrogens with one attached hydrogen (secondary N) is 2. The lowest BCUT2D eigenvalue weighted by Crippen LogP contribution is -2.43. The number of benzene rings is 1. The SMILES string of the molecule is O=C(NCc1ccc(Br)cc1)NC(F)(F)F. The third-order valence-corrected chi connectivity index (χ3v) is 2.15. The Morgan fingerprint density at radius 3 is 2.31 bits per heavy atom. The van der Waals surface area contributed by atoms with Crippen LogP contribution in [0.2, 0.25) is 0 Å². The summed E-state index contributed by atoms with van der Waals surface area (Å²) >= 11 is 3.22. The van der Waals surface area contributed by atoms with Crippen molar-refractivity contribution < 1.29 is 18.0 Å². The van der Waals surface area contributed by atoms with Gasteiger partial charge in [0.25, 0.3) is 0 Å². The van der Waals surface area contributed by atoms with Crippen LogP contribution in [0.1, 0.15) is 5.56 Å². The van der Waals surface area contributed by atoms with Crippen LogP contribution >= 0.6 is 15.9 Å². The van der Waals surface area contributed by atoms with Gasteiger partial charge in [0, 0.05) is 11.0 Å². The number of alkyl halides is 3. The molecule has 0 bridgehead atoms. The van der Waals surface area contributed by atoms with E-state index in [1.807, 2.05) is 0 Å². The van der Waals surface area contributed by atoms with Crippen molar-refractivity contribution in [3.05, 3.63) is 34.3 Å². The number of carbonyl (C=O) groups excluding carboxylic acids is 1. The number of hydrogen-bond acceptors (Lipinski definition) is 1. The van der Waals surface area contributed by atoms with E-state index in [0.717, 1.165) is 9.79 Å². The molecule has 0 aliphatic carbocycles. The lowest BCUT2D eigenvalue weighted by atomic mass is 10.2. The number of amides is 2. The first-order chi connectivity index (χ1) is 7.37. The van der Waals surface area contributed by atoms with Gasteiger partial charge in [0.15, 0.2) is 0 Å². The molecule has 0 radical (unpaired) electrons. The molecule has 0 heterocycles. The monoisotopic (exact) mass is 296 g/mol. The van der Waals surface area contributed by atoms with E-state index in [1.165, 1.54) is 0 Å². The highest BCUT2D eigenvalue weighted by Gasteiger charge is 2.29. The molecule has 2 amide bonds. The van der Waals surface area contributed by atoms with E-state index in [9.17, 15) is 18.0 Å². The van der Waals surface area contributed by atoms with E-state index < -0.39 is 12.3 Å². The van der Waals surface area contributed by atoms with E-state index in [0.29, 0.717) is 5.56 Å². The third kappa shape index (κ3) is 5.01. The van der Waals surface area contributed by atoms with E-state index in [4.69, 9.17) is 0 Å². The number of halogens is 4. The van der Waals surface area contributed by atoms with Gasteiger partial charge in [0.2, 0.25) is 0 Å². The van der Waals surface area contributed by atoms with Crippen LogP contribution in [0.25, 0.3) is 0 Å². The summed E-state index contributed by atoms with van der Waals surface area (Å²) in [5, 5.41) is 2.93. The topological polar surface area (TPSA) is 41.1 Å². The van der Waals surface area contributed by atoms with Gasteiger partial charge in [-0.2, -0.15) is 13.2 Å². The van der Waals surface area contributed by atoms with Crippen molar-refractivity contribution in [2.45, 2.75) is 12.8 Å². The van der Waals surface area contributed by atoms with Crippen LogP contribution in [0.4, 0.5) is 18.0 Å². The first-order valence-corrected chi connectivity index (χ1v) is 5.03. The van der Waals surface area contributed by atoms with E-state index in [1.54, 1.807) is 24.3 Å². The van der Waals surface area contributed by atoms with E-state index in [-0.39, 0.29) is 6.54 Å². The van der Waals surface area contributed by atoms with Crippen LogP contribution in [0.5, 0.6) is 0 Å². The highest BCUT2D eigenvalue weighted by atomic mass is 79.9. The van der Waals surface area contributed by atoms with Crippen LogP contribution in [0.15, 0.2) is 28.7 Å². The molecule has 3 nitrogen and oxygen atoms in total. The molecule has 7 heteroatoms. The minimum Gasteiger partial charge on any atom is -0.334 e. The average molecular weight is 297 g/mol. The molecule has 0 atom stereocenters. The number of hydrogen-bond donors (Lipinski definition) is 2. The molecule has 0 saturated carbocycles. The maximum atomic E-state index is 11.7. The van der Waals surface area contributed by atoms with Gasteiger partial charge in [0.1, 0.15) is 0 Å². The van der Waals surface area contributed by atoms with Crippen molar-refractivity contribution in [2.75, 3.05) is 0 Å². The molecule has 1 aromatic carbocycles. The highest BCUT2D eigenvalue weighted by Crippen LogP contribution is 2.11. The average Bonchev–Trinajstić information content (AvgIpc) is 2.14. The molecule has 1 aromatic rings. The Morgan fingerprint density at radius 1 is 1.25 bits per heavy atom. The van der Waals surface area contributed by atoms with Crippen molar-refractivity contribution in [1.29, 1.82) is 0 Å². The fourth-order valence-corrected chi connectivity index (χ4v) is 1.22. The standard InChI is InChI=1S/C9H8BrF3N2O/c10-7-3-1-6(2-4-7)5-14-8(16)15-9(11,12)13/h1-4H,5H2,(H2,14,15,16). The van der Waals surface area contributed by atoms with Crippen molar-refractivity contribution in [2.24, 2.45) is 0 Å². The van der Waals surface area contributed by atoms with Gasteiger partial charge in [-0.1, -0.05) is 28.1 Å². The molecule has 0 aliphatic rings. The maximum Gasteiger partial charge on any atom is 0.485 e. The third-order valence-electron chi connectivity index (χ3n) is 1.62. The molecular formula is C9H8BrF3N2O. The predicted octanol–water partition coefficient (Wildman–Crippen LogP) is 2.77. The molecule has 0 fully saturated rings. The Morgan fingerprint density at radius 2 is 1.81 bits per heavy atom. The highest BCUT2D eigenvalue weighted by molar-refractivity contribution is 9.10. The lowest BCUT2D eigenvalue weighted by molar-refractivity contribution is -0.145. The summed E-state index contributed by atoms with van der Waals surface area (Å²) in [6.07, 6.45) is -4.70. The summed E-state index contributed by atoms with van der Waals surface area (Å²) in [6, 6.07) is 5.59. The zero-order valence-corrected chi connectivity index (χ0v) is 9.52. The molecular weight excluding hydrogens is 289 g/mol.